The van der Waals surface area contributed by atoms with E-state index >= 15 is 0 Å². The zero-order chi connectivity index (χ0) is 13.4. The van der Waals surface area contributed by atoms with Crippen LogP contribution < -0.4 is 0 Å². The van der Waals surface area contributed by atoms with Crippen molar-refractivity contribution in [2.75, 3.05) is 0 Å². The third kappa shape index (κ3) is 3.18. The van der Waals surface area contributed by atoms with Crippen LogP contribution >= 0.6 is 34.2 Å². The van der Waals surface area contributed by atoms with Crippen molar-refractivity contribution in [1.82, 2.24) is 0 Å². The number of rotatable bonds is 1. The molecule has 1 rings (SSSR count). The minimum absolute atomic E-state index is 0.364. The fourth-order valence-corrected chi connectivity index (χ4v) is 2.61. The molecule has 0 atom stereocenters. The average Bonchev–Trinajstić information content (AvgIpc) is 2.12. The Hall–Kier alpha value is -0.180. The van der Waals surface area contributed by atoms with Gasteiger partial charge in [0.2, 0.25) is 0 Å². The molecule has 0 aromatic heterocycles. The molecule has 96 valence electrons. The van der Waals surface area contributed by atoms with E-state index in [9.17, 15) is 26.3 Å². The molecule has 0 aliphatic rings. The molecule has 1 aromatic carbocycles. The molecule has 1 aromatic rings. The lowest BCUT2D eigenvalue weighted by Gasteiger charge is -2.17. The standard InChI is InChI=1S/C9H4ClF6I/c10-3-4-1-2-5(8(11,12)13)7(17)6(4)9(14,15)16/h1-2H,3H2. The smallest absolute Gasteiger partial charge is 0.166 e. The van der Waals surface area contributed by atoms with Gasteiger partial charge in [0.15, 0.2) is 0 Å². The van der Waals surface area contributed by atoms with Crippen molar-refractivity contribution in [2.24, 2.45) is 0 Å². The van der Waals surface area contributed by atoms with Crippen molar-refractivity contribution in [3.8, 4) is 0 Å². The molecule has 17 heavy (non-hydrogen) atoms. The molecule has 0 heterocycles. The molecule has 0 nitrogen and oxygen atoms in total. The summed E-state index contributed by atoms with van der Waals surface area (Å²) >= 11 is 6.33. The number of hydrogen-bond donors (Lipinski definition) is 0. The molecule has 0 fully saturated rings. The quantitative estimate of drug-likeness (QED) is 0.358. The summed E-state index contributed by atoms with van der Waals surface area (Å²) in [5.41, 5.74) is -2.99. The second kappa shape index (κ2) is 4.83. The fourth-order valence-electron chi connectivity index (χ4n) is 1.25. The lowest BCUT2D eigenvalue weighted by Crippen LogP contribution is -2.16. The second-order valence-electron chi connectivity index (χ2n) is 3.09. The monoisotopic (exact) mass is 388 g/mol. The molecule has 0 saturated heterocycles. The van der Waals surface area contributed by atoms with Crippen molar-refractivity contribution in [2.45, 2.75) is 18.2 Å². The zero-order valence-electron chi connectivity index (χ0n) is 7.89. The van der Waals surface area contributed by atoms with Gasteiger partial charge in [-0.3, -0.25) is 0 Å². The number of hydrogen-bond acceptors (Lipinski definition) is 0. The van der Waals surface area contributed by atoms with Crippen LogP contribution in [-0.4, -0.2) is 0 Å². The maximum atomic E-state index is 12.6. The molecule has 0 spiro atoms. The van der Waals surface area contributed by atoms with Crippen molar-refractivity contribution in [1.29, 1.82) is 0 Å². The van der Waals surface area contributed by atoms with E-state index in [1.807, 2.05) is 0 Å². The van der Waals surface area contributed by atoms with Gasteiger partial charge in [-0.2, -0.15) is 26.3 Å². The minimum Gasteiger partial charge on any atom is -0.166 e. The van der Waals surface area contributed by atoms with Crippen LogP contribution in [0.2, 0.25) is 0 Å². The summed E-state index contributed by atoms with van der Waals surface area (Å²) in [5.74, 6) is -0.497. The van der Waals surface area contributed by atoms with Crippen LogP contribution in [0.15, 0.2) is 12.1 Å². The molecule has 0 bridgehead atoms. The summed E-state index contributed by atoms with van der Waals surface area (Å²) in [6.07, 6.45) is -9.68. The first kappa shape index (κ1) is 14.9. The van der Waals surface area contributed by atoms with E-state index < -0.39 is 32.9 Å². The van der Waals surface area contributed by atoms with Crippen LogP contribution in [0, 0.1) is 3.57 Å². The van der Waals surface area contributed by atoms with Crippen LogP contribution in [0.3, 0.4) is 0 Å². The first-order chi connectivity index (χ1) is 7.59. The van der Waals surface area contributed by atoms with Gasteiger partial charge in [-0.05, 0) is 34.2 Å². The van der Waals surface area contributed by atoms with Gasteiger partial charge < -0.3 is 0 Å². The molecule has 0 amide bonds. The topological polar surface area (TPSA) is 0 Å². The Labute approximate surface area is 111 Å². The SMILES string of the molecule is FC(F)(F)c1ccc(CCl)c(C(F)(F)F)c1I. The lowest BCUT2D eigenvalue weighted by molar-refractivity contribution is -0.144. The van der Waals surface area contributed by atoms with Crippen LogP contribution in [0.25, 0.3) is 0 Å². The third-order valence-corrected chi connectivity index (χ3v) is 3.37. The number of benzene rings is 1. The maximum Gasteiger partial charge on any atom is 0.417 e. The van der Waals surface area contributed by atoms with Gasteiger partial charge in [-0.15, -0.1) is 11.6 Å². The summed E-state index contributed by atoms with van der Waals surface area (Å²) in [7, 11) is 0. The Balaban J connectivity index is 3.55. The predicted molar refractivity (Wildman–Crippen MR) is 58.7 cm³/mol. The highest BCUT2D eigenvalue weighted by Gasteiger charge is 2.41. The summed E-state index contributed by atoms with van der Waals surface area (Å²) in [4.78, 5) is 0. The van der Waals surface area contributed by atoms with E-state index in [0.29, 0.717) is 6.07 Å². The summed E-state index contributed by atoms with van der Waals surface area (Å²) in [5, 5.41) is 0. The Morgan fingerprint density at radius 1 is 1.00 bits per heavy atom. The maximum absolute atomic E-state index is 12.6. The molecule has 0 N–H and O–H groups in total. The van der Waals surface area contributed by atoms with Gasteiger partial charge >= 0.3 is 12.4 Å². The first-order valence-corrected chi connectivity index (χ1v) is 5.72. The van der Waals surface area contributed by atoms with E-state index in [0.717, 1.165) is 28.7 Å². The van der Waals surface area contributed by atoms with Gasteiger partial charge in [0, 0.05) is 9.45 Å². The highest BCUT2D eigenvalue weighted by Crippen LogP contribution is 2.42. The molecular formula is C9H4ClF6I. The molecule has 8 heteroatoms. The van der Waals surface area contributed by atoms with Gasteiger partial charge in [0.05, 0.1) is 11.1 Å². The number of alkyl halides is 7. The second-order valence-corrected chi connectivity index (χ2v) is 4.44. The largest absolute Gasteiger partial charge is 0.417 e. The van der Waals surface area contributed by atoms with Gasteiger partial charge in [0.1, 0.15) is 0 Å². The van der Waals surface area contributed by atoms with Gasteiger partial charge in [0.25, 0.3) is 0 Å². The molecule has 0 unspecified atom stereocenters. The van der Waals surface area contributed by atoms with E-state index in [1.54, 1.807) is 0 Å². The fraction of sp³-hybridized carbons (Fsp3) is 0.333. The highest BCUT2D eigenvalue weighted by molar-refractivity contribution is 14.1. The van der Waals surface area contributed by atoms with Crippen molar-refractivity contribution in [3.63, 3.8) is 0 Å². The Kier molecular flexibility index (Phi) is 4.23. The summed E-state index contributed by atoms with van der Waals surface area (Å²) < 4.78 is 74.4. The van der Waals surface area contributed by atoms with Crippen LogP contribution in [-0.2, 0) is 18.2 Å². The molecular weight excluding hydrogens is 384 g/mol. The van der Waals surface area contributed by atoms with E-state index in [2.05, 4.69) is 0 Å². The third-order valence-electron chi connectivity index (χ3n) is 1.96. The normalized spacial score (nSPS) is 12.9. The van der Waals surface area contributed by atoms with E-state index in [-0.39, 0.29) is 5.56 Å². The first-order valence-electron chi connectivity index (χ1n) is 4.10. The predicted octanol–water partition coefficient (Wildman–Crippen LogP) is 5.07. The molecule has 0 radical (unpaired) electrons. The Bertz CT molecular complexity index is 423. The Morgan fingerprint density at radius 2 is 1.53 bits per heavy atom. The lowest BCUT2D eigenvalue weighted by atomic mass is 10.0. The molecule has 0 saturated carbocycles. The van der Waals surface area contributed by atoms with Crippen LogP contribution in [0.4, 0.5) is 26.3 Å². The van der Waals surface area contributed by atoms with Crippen molar-refractivity contribution >= 4 is 34.2 Å². The van der Waals surface area contributed by atoms with Crippen molar-refractivity contribution < 1.29 is 26.3 Å². The van der Waals surface area contributed by atoms with Crippen molar-refractivity contribution in [3.05, 3.63) is 32.4 Å². The Morgan fingerprint density at radius 3 is 1.88 bits per heavy atom. The van der Waals surface area contributed by atoms with Crippen LogP contribution in [0.5, 0.6) is 0 Å². The minimum atomic E-state index is -4.86. The number of halogens is 8. The average molecular weight is 388 g/mol. The summed E-state index contributed by atoms with van der Waals surface area (Å²) in [6, 6.07) is 1.36. The molecule has 0 aliphatic carbocycles. The highest BCUT2D eigenvalue weighted by atomic mass is 127. The zero-order valence-corrected chi connectivity index (χ0v) is 10.8. The van der Waals surface area contributed by atoms with E-state index in [4.69, 9.17) is 11.6 Å². The molecule has 0 aliphatic heterocycles. The summed E-state index contributed by atoms with van der Waals surface area (Å²) in [6.45, 7) is 0. The van der Waals surface area contributed by atoms with Gasteiger partial charge in [-0.1, -0.05) is 6.07 Å². The van der Waals surface area contributed by atoms with E-state index in [1.165, 1.54) is 0 Å². The van der Waals surface area contributed by atoms with Gasteiger partial charge in [-0.25, -0.2) is 0 Å². The van der Waals surface area contributed by atoms with Crippen LogP contribution in [0.1, 0.15) is 16.7 Å².